The van der Waals surface area contributed by atoms with E-state index in [1.165, 1.54) is 16.6 Å². The standard InChI is InChI=1S/C16H23BO3S2/c1-11-7-13(9-21-11)8-14(10-22-12(2)18)17-19-15(3,4)16(5,6)20-17/h7-9H,10H2,1-6H3. The zero-order valence-electron chi connectivity index (χ0n) is 14.1. The van der Waals surface area contributed by atoms with Crippen molar-refractivity contribution in [1.82, 2.24) is 0 Å². The van der Waals surface area contributed by atoms with Gasteiger partial charge in [-0.3, -0.25) is 4.79 Å². The van der Waals surface area contributed by atoms with Gasteiger partial charge in [0.25, 0.3) is 0 Å². The zero-order chi connectivity index (χ0) is 16.5. The summed E-state index contributed by atoms with van der Waals surface area (Å²) < 4.78 is 12.3. The fraction of sp³-hybridized carbons (Fsp3) is 0.562. The van der Waals surface area contributed by atoms with E-state index in [-0.39, 0.29) is 16.3 Å². The molecule has 1 saturated heterocycles. The molecule has 3 nitrogen and oxygen atoms in total. The quantitative estimate of drug-likeness (QED) is 0.765. The summed E-state index contributed by atoms with van der Waals surface area (Å²) in [6.45, 7) is 11.8. The lowest BCUT2D eigenvalue weighted by Crippen LogP contribution is -2.41. The highest BCUT2D eigenvalue weighted by molar-refractivity contribution is 8.13. The van der Waals surface area contributed by atoms with Crippen molar-refractivity contribution in [3.8, 4) is 0 Å². The number of thioether (sulfide) groups is 1. The van der Waals surface area contributed by atoms with E-state index in [9.17, 15) is 4.79 Å². The van der Waals surface area contributed by atoms with Crippen LogP contribution in [0.5, 0.6) is 0 Å². The number of carbonyl (C=O) groups is 1. The molecule has 0 atom stereocenters. The molecule has 22 heavy (non-hydrogen) atoms. The summed E-state index contributed by atoms with van der Waals surface area (Å²) in [5.41, 5.74) is 1.39. The van der Waals surface area contributed by atoms with Gasteiger partial charge in [0.2, 0.25) is 0 Å². The van der Waals surface area contributed by atoms with Gasteiger partial charge in [0, 0.05) is 17.6 Å². The molecular formula is C16H23BO3S2. The van der Waals surface area contributed by atoms with Gasteiger partial charge in [0.05, 0.1) is 11.2 Å². The van der Waals surface area contributed by atoms with Crippen LogP contribution < -0.4 is 0 Å². The van der Waals surface area contributed by atoms with Crippen molar-refractivity contribution in [3.05, 3.63) is 27.4 Å². The predicted octanol–water partition coefficient (Wildman–Crippen LogP) is 4.35. The lowest BCUT2D eigenvalue weighted by molar-refractivity contribution is -0.109. The van der Waals surface area contributed by atoms with Gasteiger partial charge in [-0.15, -0.1) is 11.3 Å². The Morgan fingerprint density at radius 1 is 1.32 bits per heavy atom. The third kappa shape index (κ3) is 4.04. The van der Waals surface area contributed by atoms with Crippen molar-refractivity contribution in [2.75, 3.05) is 5.75 Å². The Bertz CT molecular complexity index is 574. The predicted molar refractivity (Wildman–Crippen MR) is 96.3 cm³/mol. The summed E-state index contributed by atoms with van der Waals surface area (Å²) in [5.74, 6) is 0.584. The van der Waals surface area contributed by atoms with E-state index >= 15 is 0 Å². The van der Waals surface area contributed by atoms with Gasteiger partial charge < -0.3 is 9.31 Å². The Balaban J connectivity index is 2.25. The molecule has 0 aromatic carbocycles. The van der Waals surface area contributed by atoms with Crippen LogP contribution in [0.2, 0.25) is 0 Å². The van der Waals surface area contributed by atoms with Gasteiger partial charge in [0.15, 0.2) is 5.12 Å². The highest BCUT2D eigenvalue weighted by atomic mass is 32.2. The Morgan fingerprint density at radius 3 is 2.36 bits per heavy atom. The SMILES string of the molecule is CC(=O)SCC(=Cc1csc(C)c1)B1OC(C)(C)C(C)(C)O1. The van der Waals surface area contributed by atoms with E-state index in [1.54, 1.807) is 18.3 Å². The van der Waals surface area contributed by atoms with Crippen LogP contribution in [-0.2, 0) is 14.1 Å². The molecule has 0 spiro atoms. The molecule has 1 aromatic heterocycles. The molecule has 6 heteroatoms. The van der Waals surface area contributed by atoms with E-state index in [0.29, 0.717) is 5.75 Å². The second-order valence-corrected chi connectivity index (χ2v) is 8.85. The van der Waals surface area contributed by atoms with Crippen LogP contribution in [-0.4, -0.2) is 29.2 Å². The first-order valence-electron chi connectivity index (χ1n) is 7.35. The number of aryl methyl sites for hydroxylation is 1. The van der Waals surface area contributed by atoms with Gasteiger partial charge in [0.1, 0.15) is 0 Å². The molecule has 0 N–H and O–H groups in total. The minimum atomic E-state index is -0.406. The molecule has 0 saturated carbocycles. The molecule has 0 radical (unpaired) electrons. The average Bonchev–Trinajstić information content (AvgIpc) is 2.86. The highest BCUT2D eigenvalue weighted by Gasteiger charge is 2.52. The molecule has 1 aromatic rings. The number of carbonyl (C=O) groups excluding carboxylic acids is 1. The van der Waals surface area contributed by atoms with Crippen LogP contribution in [0.4, 0.5) is 0 Å². The first-order chi connectivity index (χ1) is 10.1. The third-order valence-corrected chi connectivity index (χ3v) is 5.86. The van der Waals surface area contributed by atoms with E-state index < -0.39 is 7.12 Å². The van der Waals surface area contributed by atoms with E-state index in [0.717, 1.165) is 11.0 Å². The fourth-order valence-electron chi connectivity index (χ4n) is 2.11. The van der Waals surface area contributed by atoms with Crippen molar-refractivity contribution < 1.29 is 14.1 Å². The largest absolute Gasteiger partial charge is 0.491 e. The molecule has 1 fully saturated rings. The summed E-state index contributed by atoms with van der Waals surface area (Å²) in [6, 6.07) is 2.13. The van der Waals surface area contributed by atoms with Crippen molar-refractivity contribution in [3.63, 3.8) is 0 Å². The smallest absolute Gasteiger partial charge is 0.400 e. The highest BCUT2D eigenvalue weighted by Crippen LogP contribution is 2.39. The summed E-state index contributed by atoms with van der Waals surface area (Å²) in [5, 5.41) is 2.21. The van der Waals surface area contributed by atoms with Crippen LogP contribution in [0.3, 0.4) is 0 Å². The average molecular weight is 338 g/mol. The summed E-state index contributed by atoms with van der Waals surface area (Å²) >= 11 is 3.00. The first-order valence-corrected chi connectivity index (χ1v) is 9.22. The topological polar surface area (TPSA) is 35.5 Å². The van der Waals surface area contributed by atoms with Crippen molar-refractivity contribution in [2.24, 2.45) is 0 Å². The summed E-state index contributed by atoms with van der Waals surface area (Å²) in [7, 11) is -0.406. The van der Waals surface area contributed by atoms with E-state index in [4.69, 9.17) is 9.31 Å². The second kappa shape index (κ2) is 6.52. The minimum Gasteiger partial charge on any atom is -0.400 e. The Hall–Kier alpha value is -0.555. The van der Waals surface area contributed by atoms with Crippen molar-refractivity contribution in [1.29, 1.82) is 0 Å². The molecule has 0 unspecified atom stereocenters. The van der Waals surface area contributed by atoms with E-state index in [1.807, 2.05) is 27.7 Å². The number of hydrogen-bond donors (Lipinski definition) is 0. The number of hydrogen-bond acceptors (Lipinski definition) is 5. The summed E-state index contributed by atoms with van der Waals surface area (Å²) in [6.07, 6.45) is 2.08. The number of thiophene rings is 1. The lowest BCUT2D eigenvalue weighted by Gasteiger charge is -2.32. The Kier molecular flexibility index (Phi) is 5.27. The molecule has 120 valence electrons. The Labute approximate surface area is 141 Å². The molecule has 2 heterocycles. The van der Waals surface area contributed by atoms with Crippen LogP contribution in [0, 0.1) is 6.92 Å². The van der Waals surface area contributed by atoms with E-state index in [2.05, 4.69) is 24.4 Å². The maximum atomic E-state index is 11.3. The van der Waals surface area contributed by atoms with Crippen LogP contribution in [0.1, 0.15) is 45.1 Å². The lowest BCUT2D eigenvalue weighted by atomic mass is 9.78. The number of rotatable bonds is 4. The molecule has 0 aliphatic carbocycles. The summed E-state index contributed by atoms with van der Waals surface area (Å²) in [4.78, 5) is 12.6. The molecule has 2 rings (SSSR count). The van der Waals surface area contributed by atoms with Gasteiger partial charge in [-0.05, 0) is 57.1 Å². The van der Waals surface area contributed by atoms with Crippen LogP contribution >= 0.6 is 23.1 Å². The Morgan fingerprint density at radius 2 is 1.91 bits per heavy atom. The van der Waals surface area contributed by atoms with Gasteiger partial charge in [-0.1, -0.05) is 17.8 Å². The molecule has 1 aliphatic rings. The maximum Gasteiger partial charge on any atom is 0.491 e. The van der Waals surface area contributed by atoms with Crippen molar-refractivity contribution >= 4 is 41.4 Å². The molecule has 0 amide bonds. The van der Waals surface area contributed by atoms with Crippen LogP contribution in [0.15, 0.2) is 16.9 Å². The van der Waals surface area contributed by atoms with Gasteiger partial charge in [-0.25, -0.2) is 0 Å². The minimum absolute atomic E-state index is 0.101. The van der Waals surface area contributed by atoms with Crippen molar-refractivity contribution in [2.45, 2.75) is 52.7 Å². The third-order valence-electron chi connectivity index (χ3n) is 4.10. The fourth-order valence-corrected chi connectivity index (χ4v) is 3.36. The maximum absolute atomic E-state index is 11.3. The molecular weight excluding hydrogens is 315 g/mol. The van der Waals surface area contributed by atoms with Gasteiger partial charge >= 0.3 is 7.12 Å². The van der Waals surface area contributed by atoms with Crippen LogP contribution in [0.25, 0.3) is 6.08 Å². The zero-order valence-corrected chi connectivity index (χ0v) is 15.7. The van der Waals surface area contributed by atoms with Gasteiger partial charge in [-0.2, -0.15) is 0 Å². The molecule has 0 bridgehead atoms. The second-order valence-electron chi connectivity index (χ2n) is 6.58. The molecule has 1 aliphatic heterocycles. The normalized spacial score (nSPS) is 20.5. The monoisotopic (exact) mass is 338 g/mol. The first kappa shape index (κ1) is 17.8.